The molecule has 2 saturated heterocycles. The Kier molecular flexibility index (Phi) is 7.70. The van der Waals surface area contributed by atoms with Gasteiger partial charge in [0.05, 0.1) is 24.9 Å². The van der Waals surface area contributed by atoms with Crippen LogP contribution < -0.4 is 10.6 Å². The predicted molar refractivity (Wildman–Crippen MR) is 110 cm³/mol. The molecule has 0 saturated carbocycles. The van der Waals surface area contributed by atoms with Crippen molar-refractivity contribution in [3.05, 3.63) is 15.6 Å². The molecule has 0 aliphatic carbocycles. The number of ether oxygens (including phenoxy) is 1. The first-order valence-corrected chi connectivity index (χ1v) is 9.20. The highest BCUT2D eigenvalue weighted by atomic mass is 127. The molecular formula is C16H28IN5OS. The average molecular weight is 465 g/mol. The second-order valence-corrected chi connectivity index (χ2v) is 7.59. The summed E-state index contributed by atoms with van der Waals surface area (Å²) in [5.41, 5.74) is 1.12. The molecule has 2 aliphatic rings. The van der Waals surface area contributed by atoms with Crippen LogP contribution in [0, 0.1) is 13.8 Å². The number of fused-ring (bicyclic) bond motifs is 1. The molecule has 6 nitrogen and oxygen atoms in total. The molecule has 0 aromatic carbocycles. The lowest BCUT2D eigenvalue weighted by atomic mass is 10.2. The van der Waals surface area contributed by atoms with Gasteiger partial charge in [-0.05, 0) is 33.2 Å². The van der Waals surface area contributed by atoms with Crippen molar-refractivity contribution in [1.29, 1.82) is 0 Å². The minimum Gasteiger partial charge on any atom is -0.373 e. The maximum Gasteiger partial charge on any atom is 0.191 e. The largest absolute Gasteiger partial charge is 0.373 e. The zero-order valence-electron chi connectivity index (χ0n) is 14.7. The topological polar surface area (TPSA) is 61.8 Å². The van der Waals surface area contributed by atoms with Gasteiger partial charge in [0.25, 0.3) is 0 Å². The number of nitrogens with zero attached hydrogens (tertiary/aromatic N) is 3. The number of halogens is 1. The Morgan fingerprint density at radius 2 is 2.25 bits per heavy atom. The molecule has 24 heavy (non-hydrogen) atoms. The monoisotopic (exact) mass is 465 g/mol. The number of nitrogens with one attached hydrogen (secondary N) is 2. The van der Waals surface area contributed by atoms with E-state index in [-0.39, 0.29) is 30.1 Å². The number of aliphatic imine (C=N–C) groups is 1. The highest BCUT2D eigenvalue weighted by Crippen LogP contribution is 2.22. The smallest absolute Gasteiger partial charge is 0.191 e. The van der Waals surface area contributed by atoms with E-state index in [9.17, 15) is 0 Å². The summed E-state index contributed by atoms with van der Waals surface area (Å²) in [6.45, 7) is 8.78. The molecule has 1 aromatic heterocycles. The van der Waals surface area contributed by atoms with Gasteiger partial charge in [0, 0.05) is 31.1 Å². The third-order valence-electron chi connectivity index (χ3n) is 4.66. The molecule has 0 spiro atoms. The van der Waals surface area contributed by atoms with Crippen molar-refractivity contribution in [1.82, 2.24) is 20.5 Å². The van der Waals surface area contributed by atoms with E-state index >= 15 is 0 Å². The van der Waals surface area contributed by atoms with Crippen LogP contribution in [0.15, 0.2) is 4.99 Å². The Bertz CT molecular complexity index is 545. The first-order valence-electron chi connectivity index (χ1n) is 8.38. The fourth-order valence-corrected chi connectivity index (χ4v) is 4.09. The highest BCUT2D eigenvalue weighted by Gasteiger charge is 2.32. The fourth-order valence-electron chi connectivity index (χ4n) is 3.21. The van der Waals surface area contributed by atoms with Crippen molar-refractivity contribution in [3.63, 3.8) is 0 Å². The molecule has 0 amide bonds. The fraction of sp³-hybridized carbons (Fsp3) is 0.750. The van der Waals surface area contributed by atoms with Crippen LogP contribution in [0.25, 0.3) is 0 Å². The van der Waals surface area contributed by atoms with Crippen molar-refractivity contribution in [2.24, 2.45) is 4.99 Å². The minimum atomic E-state index is 0. The van der Waals surface area contributed by atoms with Crippen LogP contribution in [0.5, 0.6) is 0 Å². The molecular weight excluding hydrogens is 437 g/mol. The number of morpholine rings is 1. The normalized spacial score (nSPS) is 24.4. The van der Waals surface area contributed by atoms with Crippen LogP contribution in [0.3, 0.4) is 0 Å². The summed E-state index contributed by atoms with van der Waals surface area (Å²) in [6.07, 6.45) is 2.84. The number of rotatable bonds is 4. The molecule has 8 heteroatoms. The van der Waals surface area contributed by atoms with E-state index in [0.29, 0.717) is 12.6 Å². The lowest BCUT2D eigenvalue weighted by Gasteiger charge is -2.35. The SMILES string of the molecule is CN=C(NCc1nc(C)c(C)s1)NCC1CN2CCCC2CO1.I. The van der Waals surface area contributed by atoms with Crippen molar-refractivity contribution in [2.45, 2.75) is 45.4 Å². The molecule has 0 radical (unpaired) electrons. The summed E-state index contributed by atoms with van der Waals surface area (Å²) >= 11 is 1.74. The molecule has 0 bridgehead atoms. The van der Waals surface area contributed by atoms with Crippen molar-refractivity contribution in [2.75, 3.05) is 33.3 Å². The lowest BCUT2D eigenvalue weighted by Crippen LogP contribution is -2.51. The molecule has 1 aromatic rings. The molecule has 3 rings (SSSR count). The van der Waals surface area contributed by atoms with Crippen LogP contribution in [0.2, 0.25) is 0 Å². The van der Waals surface area contributed by atoms with Gasteiger partial charge in [-0.2, -0.15) is 0 Å². The maximum atomic E-state index is 5.97. The average Bonchev–Trinajstić information content (AvgIpc) is 3.14. The zero-order chi connectivity index (χ0) is 16.2. The Morgan fingerprint density at radius 1 is 1.42 bits per heavy atom. The van der Waals surface area contributed by atoms with Gasteiger partial charge >= 0.3 is 0 Å². The number of hydrogen-bond donors (Lipinski definition) is 2. The Labute approximate surface area is 165 Å². The van der Waals surface area contributed by atoms with E-state index in [1.54, 1.807) is 18.4 Å². The number of aromatic nitrogens is 1. The predicted octanol–water partition coefficient (Wildman–Crippen LogP) is 1.91. The Morgan fingerprint density at radius 3 is 2.96 bits per heavy atom. The van der Waals surface area contributed by atoms with Gasteiger partial charge in [0.2, 0.25) is 0 Å². The third kappa shape index (κ3) is 5.03. The molecule has 2 fully saturated rings. The van der Waals surface area contributed by atoms with E-state index in [2.05, 4.69) is 39.4 Å². The van der Waals surface area contributed by atoms with Gasteiger partial charge in [-0.25, -0.2) is 4.98 Å². The van der Waals surface area contributed by atoms with Crippen LogP contribution >= 0.6 is 35.3 Å². The van der Waals surface area contributed by atoms with Gasteiger partial charge in [-0.3, -0.25) is 9.89 Å². The zero-order valence-corrected chi connectivity index (χ0v) is 17.8. The quantitative estimate of drug-likeness (QED) is 0.404. The Balaban J connectivity index is 0.00000208. The maximum absolute atomic E-state index is 5.97. The van der Waals surface area contributed by atoms with Gasteiger partial charge < -0.3 is 15.4 Å². The van der Waals surface area contributed by atoms with Crippen LogP contribution in [0.4, 0.5) is 0 Å². The first kappa shape index (κ1) is 19.9. The second kappa shape index (κ2) is 9.30. The van der Waals surface area contributed by atoms with E-state index in [0.717, 1.165) is 36.4 Å². The summed E-state index contributed by atoms with van der Waals surface area (Å²) < 4.78 is 5.97. The van der Waals surface area contributed by atoms with E-state index in [1.807, 2.05) is 0 Å². The van der Waals surface area contributed by atoms with Crippen LogP contribution in [-0.4, -0.2) is 61.3 Å². The summed E-state index contributed by atoms with van der Waals surface area (Å²) in [5.74, 6) is 0.808. The number of thiazole rings is 1. The molecule has 2 aliphatic heterocycles. The van der Waals surface area contributed by atoms with Crippen LogP contribution in [-0.2, 0) is 11.3 Å². The molecule has 136 valence electrons. The Hall–Kier alpha value is -0.450. The number of hydrogen-bond acceptors (Lipinski definition) is 5. The second-order valence-electron chi connectivity index (χ2n) is 6.30. The van der Waals surface area contributed by atoms with Crippen molar-refractivity contribution in [3.8, 4) is 0 Å². The first-order chi connectivity index (χ1) is 11.2. The van der Waals surface area contributed by atoms with Gasteiger partial charge in [-0.1, -0.05) is 0 Å². The summed E-state index contributed by atoms with van der Waals surface area (Å²) in [5, 5.41) is 7.80. The van der Waals surface area contributed by atoms with Crippen molar-refractivity contribution < 1.29 is 4.74 Å². The standard InChI is InChI=1S/C16H27N5OS.HI/c1-11-12(2)23-15(20-11)8-19-16(17-3)18-7-14-9-21-6-4-5-13(21)10-22-14;/h13-14H,4-10H2,1-3H3,(H2,17,18,19);1H. The van der Waals surface area contributed by atoms with Crippen molar-refractivity contribution >= 4 is 41.3 Å². The van der Waals surface area contributed by atoms with Crippen LogP contribution in [0.1, 0.15) is 28.4 Å². The lowest BCUT2D eigenvalue weighted by molar-refractivity contribution is -0.0453. The summed E-state index contributed by atoms with van der Waals surface area (Å²) in [4.78, 5) is 12.7. The molecule has 2 atom stereocenters. The third-order valence-corrected chi connectivity index (χ3v) is 5.74. The van der Waals surface area contributed by atoms with E-state index < -0.39 is 0 Å². The molecule has 2 N–H and O–H groups in total. The highest BCUT2D eigenvalue weighted by molar-refractivity contribution is 14.0. The summed E-state index contributed by atoms with van der Waals surface area (Å²) in [6, 6.07) is 0.653. The number of aryl methyl sites for hydroxylation is 2. The van der Waals surface area contributed by atoms with Gasteiger partial charge in [0.15, 0.2) is 5.96 Å². The number of guanidine groups is 1. The van der Waals surface area contributed by atoms with Gasteiger partial charge in [0.1, 0.15) is 5.01 Å². The molecule has 3 heterocycles. The summed E-state index contributed by atoms with van der Waals surface area (Å²) in [7, 11) is 1.80. The van der Waals surface area contributed by atoms with E-state index in [1.165, 1.54) is 24.3 Å². The van der Waals surface area contributed by atoms with E-state index in [4.69, 9.17) is 4.74 Å². The minimum absolute atomic E-state index is 0. The molecule has 2 unspecified atom stereocenters. The van der Waals surface area contributed by atoms with Gasteiger partial charge in [-0.15, -0.1) is 35.3 Å².